The van der Waals surface area contributed by atoms with Crippen molar-refractivity contribution in [2.75, 3.05) is 5.75 Å². The number of aryl methyl sites for hydroxylation is 1. The van der Waals surface area contributed by atoms with Gasteiger partial charge in [-0.05, 0) is 30.2 Å². The van der Waals surface area contributed by atoms with Gasteiger partial charge in [0.1, 0.15) is 0 Å². The normalized spacial score (nSPS) is 10.0. The van der Waals surface area contributed by atoms with Gasteiger partial charge in [0, 0.05) is 17.0 Å². The van der Waals surface area contributed by atoms with Crippen LogP contribution >= 0.6 is 11.8 Å². The third-order valence-electron chi connectivity index (χ3n) is 2.98. The molecule has 22 heavy (non-hydrogen) atoms. The van der Waals surface area contributed by atoms with Gasteiger partial charge in [-0.2, -0.15) is 4.99 Å². The lowest BCUT2D eigenvalue weighted by Crippen LogP contribution is -1.90. The van der Waals surface area contributed by atoms with E-state index in [-0.39, 0.29) is 11.4 Å². The molecule has 0 aliphatic carbocycles. The zero-order chi connectivity index (χ0) is 15.8. The smallest absolute Gasteiger partial charge is 0.258 e. The van der Waals surface area contributed by atoms with Gasteiger partial charge in [-0.1, -0.05) is 30.3 Å². The molecule has 0 heterocycles. The monoisotopic (exact) mass is 314 g/mol. The van der Waals surface area contributed by atoms with Gasteiger partial charge in [-0.15, -0.1) is 11.8 Å². The third kappa shape index (κ3) is 4.84. The second-order valence-electron chi connectivity index (χ2n) is 4.58. The summed E-state index contributed by atoms with van der Waals surface area (Å²) in [4.78, 5) is 24.9. The summed E-state index contributed by atoms with van der Waals surface area (Å²) in [7, 11) is 0. The molecular formula is C16H14N2O3S. The van der Waals surface area contributed by atoms with Gasteiger partial charge in [-0.25, -0.2) is 4.79 Å². The summed E-state index contributed by atoms with van der Waals surface area (Å²) in [6.45, 7) is 0. The number of hydrogen-bond donors (Lipinski definition) is 0. The van der Waals surface area contributed by atoms with Crippen LogP contribution in [0.15, 0.2) is 58.4 Å². The number of non-ortho nitro benzene ring substituents is 1. The van der Waals surface area contributed by atoms with Crippen molar-refractivity contribution < 1.29 is 9.72 Å². The number of carbonyl (C=O) groups excluding carboxylic acids is 1. The van der Waals surface area contributed by atoms with Crippen LogP contribution in [0.4, 0.5) is 11.4 Å². The highest BCUT2D eigenvalue weighted by atomic mass is 32.2. The number of rotatable bonds is 7. The highest BCUT2D eigenvalue weighted by Gasteiger charge is 2.10. The van der Waals surface area contributed by atoms with Crippen molar-refractivity contribution in [3.63, 3.8) is 0 Å². The van der Waals surface area contributed by atoms with Crippen molar-refractivity contribution in [2.24, 2.45) is 4.99 Å². The lowest BCUT2D eigenvalue weighted by molar-refractivity contribution is -0.385. The Bertz CT molecular complexity index is 678. The predicted octanol–water partition coefficient (Wildman–Crippen LogP) is 4.29. The van der Waals surface area contributed by atoms with Crippen LogP contribution in [0.3, 0.4) is 0 Å². The van der Waals surface area contributed by atoms with Crippen LogP contribution in [-0.2, 0) is 11.2 Å². The first-order valence-corrected chi connectivity index (χ1v) is 7.71. The molecule has 0 amide bonds. The molecule has 0 N–H and O–H groups in total. The van der Waals surface area contributed by atoms with E-state index in [9.17, 15) is 14.9 Å². The van der Waals surface area contributed by atoms with E-state index in [1.165, 1.54) is 35.5 Å². The van der Waals surface area contributed by atoms with Crippen molar-refractivity contribution in [2.45, 2.75) is 17.7 Å². The standard InChI is InChI=1S/C16H14N2O3S/c19-12-17-14-9-15(18(20)21)11-16(10-14)22-8-4-7-13-5-2-1-3-6-13/h1-3,5-6,9-11H,4,7-8H2. The van der Waals surface area contributed by atoms with Crippen LogP contribution in [0.25, 0.3) is 0 Å². The van der Waals surface area contributed by atoms with Crippen LogP contribution in [0.2, 0.25) is 0 Å². The summed E-state index contributed by atoms with van der Waals surface area (Å²) in [6, 6.07) is 14.6. The average Bonchev–Trinajstić information content (AvgIpc) is 2.53. The number of benzene rings is 2. The van der Waals surface area contributed by atoms with Crippen LogP contribution < -0.4 is 0 Å². The Kier molecular flexibility index (Phi) is 5.89. The van der Waals surface area contributed by atoms with Crippen LogP contribution in [-0.4, -0.2) is 16.8 Å². The minimum atomic E-state index is -0.488. The lowest BCUT2D eigenvalue weighted by Gasteiger charge is -2.03. The molecule has 2 aromatic rings. The third-order valence-corrected chi connectivity index (χ3v) is 4.04. The minimum absolute atomic E-state index is 0.0675. The van der Waals surface area contributed by atoms with E-state index < -0.39 is 4.92 Å². The van der Waals surface area contributed by atoms with Crippen molar-refractivity contribution in [3.8, 4) is 0 Å². The van der Waals surface area contributed by atoms with Gasteiger partial charge in [0.15, 0.2) is 0 Å². The van der Waals surface area contributed by atoms with Crippen molar-refractivity contribution in [3.05, 3.63) is 64.2 Å². The van der Waals surface area contributed by atoms with E-state index in [4.69, 9.17) is 0 Å². The first-order chi connectivity index (χ1) is 10.7. The van der Waals surface area contributed by atoms with E-state index in [1.807, 2.05) is 18.2 Å². The van der Waals surface area contributed by atoms with Gasteiger partial charge < -0.3 is 0 Å². The summed E-state index contributed by atoms with van der Waals surface area (Å²) < 4.78 is 0. The largest absolute Gasteiger partial charge is 0.272 e. The molecule has 0 aliphatic rings. The number of nitro groups is 1. The number of isocyanates is 1. The molecular weight excluding hydrogens is 300 g/mol. The molecule has 2 aromatic carbocycles. The van der Waals surface area contributed by atoms with Gasteiger partial charge >= 0.3 is 0 Å². The van der Waals surface area contributed by atoms with Crippen molar-refractivity contribution in [1.29, 1.82) is 0 Å². The highest BCUT2D eigenvalue weighted by molar-refractivity contribution is 7.99. The molecule has 2 rings (SSSR count). The van der Waals surface area contributed by atoms with Crippen molar-refractivity contribution >= 4 is 29.2 Å². The van der Waals surface area contributed by atoms with E-state index in [1.54, 1.807) is 6.07 Å². The number of nitro benzene ring substituents is 1. The second-order valence-corrected chi connectivity index (χ2v) is 5.75. The van der Waals surface area contributed by atoms with Gasteiger partial charge in [0.2, 0.25) is 6.08 Å². The summed E-state index contributed by atoms with van der Waals surface area (Å²) in [5, 5.41) is 10.9. The summed E-state index contributed by atoms with van der Waals surface area (Å²) in [5.41, 5.74) is 1.46. The quantitative estimate of drug-likeness (QED) is 0.191. The van der Waals surface area contributed by atoms with Crippen LogP contribution in [0.1, 0.15) is 12.0 Å². The second kappa shape index (κ2) is 8.12. The van der Waals surface area contributed by atoms with Crippen LogP contribution in [0.5, 0.6) is 0 Å². The predicted molar refractivity (Wildman–Crippen MR) is 86.4 cm³/mol. The molecule has 0 aromatic heterocycles. The maximum Gasteiger partial charge on any atom is 0.272 e. The highest BCUT2D eigenvalue weighted by Crippen LogP contribution is 2.29. The average molecular weight is 314 g/mol. The Morgan fingerprint density at radius 3 is 2.64 bits per heavy atom. The van der Waals surface area contributed by atoms with E-state index in [0.717, 1.165) is 23.5 Å². The number of hydrogen-bond acceptors (Lipinski definition) is 5. The summed E-state index contributed by atoms with van der Waals surface area (Å²) in [5.74, 6) is 0.834. The molecule has 0 spiro atoms. The molecule has 0 aliphatic heterocycles. The first kappa shape index (κ1) is 15.9. The Balaban J connectivity index is 1.96. The Labute approximate surface area is 132 Å². The zero-order valence-corrected chi connectivity index (χ0v) is 12.6. The number of aliphatic imine (C=N–C) groups is 1. The van der Waals surface area contributed by atoms with Gasteiger partial charge in [0.05, 0.1) is 10.6 Å². The van der Waals surface area contributed by atoms with E-state index in [2.05, 4.69) is 17.1 Å². The molecule has 0 saturated carbocycles. The summed E-state index contributed by atoms with van der Waals surface area (Å²) >= 11 is 1.52. The number of thioether (sulfide) groups is 1. The number of nitrogens with zero attached hydrogens (tertiary/aromatic N) is 2. The molecule has 0 unspecified atom stereocenters. The van der Waals surface area contributed by atoms with Crippen LogP contribution in [0, 0.1) is 10.1 Å². The Morgan fingerprint density at radius 2 is 1.95 bits per heavy atom. The molecule has 0 fully saturated rings. The zero-order valence-electron chi connectivity index (χ0n) is 11.8. The first-order valence-electron chi connectivity index (χ1n) is 6.73. The fourth-order valence-corrected chi connectivity index (χ4v) is 2.92. The van der Waals surface area contributed by atoms with E-state index in [0.29, 0.717) is 0 Å². The lowest BCUT2D eigenvalue weighted by atomic mass is 10.1. The molecule has 5 nitrogen and oxygen atoms in total. The maximum absolute atomic E-state index is 10.9. The molecule has 0 saturated heterocycles. The van der Waals surface area contributed by atoms with Crippen molar-refractivity contribution in [1.82, 2.24) is 0 Å². The molecule has 6 heteroatoms. The Hall–Kier alpha value is -2.43. The fourth-order valence-electron chi connectivity index (χ4n) is 1.99. The topological polar surface area (TPSA) is 72.6 Å². The molecule has 0 radical (unpaired) electrons. The summed E-state index contributed by atoms with van der Waals surface area (Å²) in [6.07, 6.45) is 3.33. The molecule has 112 valence electrons. The molecule has 0 atom stereocenters. The maximum atomic E-state index is 10.9. The van der Waals surface area contributed by atoms with Gasteiger partial charge in [-0.3, -0.25) is 10.1 Å². The molecule has 0 bridgehead atoms. The van der Waals surface area contributed by atoms with Gasteiger partial charge in [0.25, 0.3) is 5.69 Å². The Morgan fingerprint density at radius 1 is 1.18 bits per heavy atom. The van der Waals surface area contributed by atoms with E-state index >= 15 is 0 Å². The fraction of sp³-hybridized carbons (Fsp3) is 0.188. The SMILES string of the molecule is O=C=Nc1cc(SCCCc2ccccc2)cc([N+](=O)[O-])c1. The minimum Gasteiger partial charge on any atom is -0.258 e.